The molecule has 1 aliphatic heterocycles. The predicted octanol–water partition coefficient (Wildman–Crippen LogP) is 4.75. The van der Waals surface area contributed by atoms with Gasteiger partial charge < -0.3 is 4.74 Å². The predicted molar refractivity (Wildman–Crippen MR) is 108 cm³/mol. The van der Waals surface area contributed by atoms with E-state index in [-0.39, 0.29) is 11.7 Å². The molecule has 0 fully saturated rings. The molecule has 0 bridgehead atoms. The Labute approximate surface area is 163 Å². The number of halogens is 1. The van der Waals surface area contributed by atoms with Gasteiger partial charge in [-0.3, -0.25) is 14.7 Å². The highest BCUT2D eigenvalue weighted by Gasteiger charge is 2.25. The molecule has 0 unspecified atom stereocenters. The van der Waals surface area contributed by atoms with Crippen LogP contribution in [0, 0.1) is 5.82 Å². The minimum Gasteiger partial charge on any atom is -0.494 e. The number of hydrogen-bond acceptors (Lipinski definition) is 4. The van der Waals surface area contributed by atoms with Crippen molar-refractivity contribution in [1.29, 1.82) is 0 Å². The standard InChI is InChI=1S/C21H23FN2O2S/c1-2-3-14-26-19-10-6-17(7-11-19)20(25)24-13-12-23-21(24)27-15-16-4-8-18(22)9-5-16/h4-11H,2-3,12-15H2,1H3. The van der Waals surface area contributed by atoms with Crippen LogP contribution in [-0.4, -0.2) is 35.7 Å². The molecule has 1 aliphatic rings. The molecule has 0 N–H and O–H groups in total. The van der Waals surface area contributed by atoms with Gasteiger partial charge in [-0.1, -0.05) is 37.2 Å². The van der Waals surface area contributed by atoms with E-state index in [0.29, 0.717) is 36.2 Å². The van der Waals surface area contributed by atoms with Crippen LogP contribution in [0.15, 0.2) is 53.5 Å². The number of carbonyl (C=O) groups excluding carboxylic acids is 1. The molecule has 3 rings (SSSR count). The Kier molecular flexibility index (Phi) is 6.87. The summed E-state index contributed by atoms with van der Waals surface area (Å²) in [5.41, 5.74) is 1.62. The number of ether oxygens (including phenoxy) is 1. The summed E-state index contributed by atoms with van der Waals surface area (Å²) >= 11 is 1.50. The molecule has 0 atom stereocenters. The number of unbranched alkanes of at least 4 members (excludes halogenated alkanes) is 1. The Morgan fingerprint density at radius 3 is 2.63 bits per heavy atom. The molecule has 1 heterocycles. The number of carbonyl (C=O) groups is 1. The quantitative estimate of drug-likeness (QED) is 0.645. The van der Waals surface area contributed by atoms with Crippen LogP contribution in [-0.2, 0) is 5.75 Å². The average Bonchev–Trinajstić information content (AvgIpc) is 3.16. The monoisotopic (exact) mass is 386 g/mol. The Morgan fingerprint density at radius 2 is 1.93 bits per heavy atom. The van der Waals surface area contributed by atoms with E-state index < -0.39 is 0 Å². The Hall–Kier alpha value is -2.34. The van der Waals surface area contributed by atoms with Gasteiger partial charge in [0.2, 0.25) is 0 Å². The van der Waals surface area contributed by atoms with Crippen LogP contribution in [0.1, 0.15) is 35.7 Å². The van der Waals surface area contributed by atoms with E-state index in [2.05, 4.69) is 11.9 Å². The average molecular weight is 386 g/mol. The van der Waals surface area contributed by atoms with E-state index >= 15 is 0 Å². The molecular formula is C21H23FN2O2S. The smallest absolute Gasteiger partial charge is 0.259 e. The maximum atomic E-state index is 13.0. The second kappa shape index (κ2) is 9.55. The number of amidine groups is 1. The zero-order valence-corrected chi connectivity index (χ0v) is 16.2. The van der Waals surface area contributed by atoms with Crippen LogP contribution >= 0.6 is 11.8 Å². The van der Waals surface area contributed by atoms with Crippen LogP contribution < -0.4 is 4.74 Å². The summed E-state index contributed by atoms with van der Waals surface area (Å²) in [5.74, 6) is 1.12. The Bertz CT molecular complexity index is 791. The lowest BCUT2D eigenvalue weighted by atomic mass is 10.2. The Morgan fingerprint density at radius 1 is 1.19 bits per heavy atom. The number of nitrogens with zero attached hydrogens (tertiary/aromatic N) is 2. The minimum absolute atomic E-state index is 0.0574. The fourth-order valence-electron chi connectivity index (χ4n) is 2.65. The summed E-state index contributed by atoms with van der Waals surface area (Å²) in [7, 11) is 0. The van der Waals surface area contributed by atoms with Gasteiger partial charge in [0.05, 0.1) is 13.2 Å². The maximum Gasteiger partial charge on any atom is 0.259 e. The lowest BCUT2D eigenvalue weighted by Gasteiger charge is -2.18. The van der Waals surface area contributed by atoms with Crippen molar-refractivity contribution in [1.82, 2.24) is 4.90 Å². The summed E-state index contributed by atoms with van der Waals surface area (Å²) in [4.78, 5) is 19.0. The van der Waals surface area contributed by atoms with Crippen LogP contribution in [0.5, 0.6) is 5.75 Å². The number of rotatable bonds is 7. The molecule has 0 saturated carbocycles. The number of aliphatic imine (C=N–C) groups is 1. The first-order valence-electron chi connectivity index (χ1n) is 9.14. The van der Waals surface area contributed by atoms with Crippen LogP contribution in [0.4, 0.5) is 4.39 Å². The lowest BCUT2D eigenvalue weighted by molar-refractivity contribution is 0.0860. The number of benzene rings is 2. The first kappa shape index (κ1) is 19.4. The summed E-state index contributed by atoms with van der Waals surface area (Å²) in [6, 6.07) is 13.7. The minimum atomic E-state index is -0.249. The van der Waals surface area contributed by atoms with E-state index in [1.165, 1.54) is 23.9 Å². The molecule has 6 heteroatoms. The number of thioether (sulfide) groups is 1. The van der Waals surface area contributed by atoms with Gasteiger partial charge >= 0.3 is 0 Å². The molecule has 0 aliphatic carbocycles. The number of hydrogen-bond donors (Lipinski definition) is 0. The zero-order chi connectivity index (χ0) is 19.1. The SMILES string of the molecule is CCCCOc1ccc(C(=O)N2CCN=C2SCc2ccc(F)cc2)cc1. The molecule has 142 valence electrons. The van der Waals surface area contributed by atoms with Gasteiger partial charge in [-0.25, -0.2) is 4.39 Å². The molecule has 27 heavy (non-hydrogen) atoms. The van der Waals surface area contributed by atoms with Crippen molar-refractivity contribution in [3.8, 4) is 5.75 Å². The second-order valence-electron chi connectivity index (χ2n) is 6.26. The summed E-state index contributed by atoms with van der Waals surface area (Å²) in [5, 5.41) is 0.715. The molecule has 0 aromatic heterocycles. The molecule has 1 amide bonds. The third-order valence-corrected chi connectivity index (χ3v) is 5.28. The molecule has 0 saturated heterocycles. The van der Waals surface area contributed by atoms with Gasteiger partial charge in [-0.05, 0) is 48.4 Å². The molecule has 4 nitrogen and oxygen atoms in total. The third kappa shape index (κ3) is 5.32. The fraction of sp³-hybridized carbons (Fsp3) is 0.333. The van der Waals surface area contributed by atoms with Crippen LogP contribution in [0.25, 0.3) is 0 Å². The van der Waals surface area contributed by atoms with Crippen LogP contribution in [0.3, 0.4) is 0 Å². The first-order valence-corrected chi connectivity index (χ1v) is 10.1. The normalized spacial score (nSPS) is 13.6. The molecule has 0 spiro atoms. The summed E-state index contributed by atoms with van der Waals surface area (Å²) < 4.78 is 18.7. The van der Waals surface area contributed by atoms with Crippen molar-refractivity contribution in [3.63, 3.8) is 0 Å². The van der Waals surface area contributed by atoms with E-state index in [4.69, 9.17) is 4.74 Å². The van der Waals surface area contributed by atoms with Crippen LogP contribution in [0.2, 0.25) is 0 Å². The highest BCUT2D eigenvalue weighted by atomic mass is 32.2. The zero-order valence-electron chi connectivity index (χ0n) is 15.4. The van der Waals surface area contributed by atoms with Crippen molar-refractivity contribution in [3.05, 3.63) is 65.5 Å². The maximum absolute atomic E-state index is 13.0. The molecule has 0 radical (unpaired) electrons. The van der Waals surface area contributed by atoms with Gasteiger partial charge in [0, 0.05) is 17.9 Å². The highest BCUT2D eigenvalue weighted by Crippen LogP contribution is 2.22. The summed E-state index contributed by atoms with van der Waals surface area (Å²) in [6.45, 7) is 4.00. The molecule has 2 aromatic rings. The van der Waals surface area contributed by atoms with E-state index in [9.17, 15) is 9.18 Å². The van der Waals surface area contributed by atoms with Gasteiger partial charge in [0.25, 0.3) is 5.91 Å². The van der Waals surface area contributed by atoms with E-state index in [1.54, 1.807) is 29.2 Å². The van der Waals surface area contributed by atoms with Crippen molar-refractivity contribution in [2.45, 2.75) is 25.5 Å². The number of amides is 1. The van der Waals surface area contributed by atoms with Crippen molar-refractivity contribution in [2.24, 2.45) is 4.99 Å². The van der Waals surface area contributed by atoms with Crippen molar-refractivity contribution < 1.29 is 13.9 Å². The van der Waals surface area contributed by atoms with Crippen molar-refractivity contribution in [2.75, 3.05) is 19.7 Å². The molecule has 2 aromatic carbocycles. The van der Waals surface area contributed by atoms with Gasteiger partial charge in [-0.15, -0.1) is 0 Å². The van der Waals surface area contributed by atoms with Crippen molar-refractivity contribution >= 4 is 22.8 Å². The van der Waals surface area contributed by atoms with E-state index in [1.807, 2.05) is 12.1 Å². The second-order valence-corrected chi connectivity index (χ2v) is 7.21. The Balaban J connectivity index is 1.58. The van der Waals surface area contributed by atoms with Gasteiger partial charge in [0.15, 0.2) is 5.17 Å². The lowest BCUT2D eigenvalue weighted by Crippen LogP contribution is -2.32. The fourth-order valence-corrected chi connectivity index (χ4v) is 3.65. The van der Waals surface area contributed by atoms with E-state index in [0.717, 1.165) is 24.2 Å². The molecular weight excluding hydrogens is 363 g/mol. The first-order chi connectivity index (χ1) is 13.2. The van der Waals surface area contributed by atoms with Gasteiger partial charge in [-0.2, -0.15) is 0 Å². The summed E-state index contributed by atoms with van der Waals surface area (Å²) in [6.07, 6.45) is 2.10. The van der Waals surface area contributed by atoms with Gasteiger partial charge in [0.1, 0.15) is 11.6 Å². The third-order valence-electron chi connectivity index (χ3n) is 4.20. The topological polar surface area (TPSA) is 41.9 Å². The highest BCUT2D eigenvalue weighted by molar-refractivity contribution is 8.13. The largest absolute Gasteiger partial charge is 0.494 e.